The zero-order chi connectivity index (χ0) is 30.9. The van der Waals surface area contributed by atoms with Crippen molar-refractivity contribution < 1.29 is 37.8 Å². The number of aliphatic hydroxyl groups excluding tert-OH is 1. The molecule has 4 aliphatic carbocycles. The number of nitrogens with zero attached hydrogens (tertiary/aromatic N) is 1. The molecule has 2 saturated carbocycles. The van der Waals surface area contributed by atoms with Gasteiger partial charge in [0.15, 0.2) is 17.1 Å². The number of aliphatic hydroxyl groups is 1. The van der Waals surface area contributed by atoms with Crippen molar-refractivity contribution in [1.29, 1.82) is 0 Å². The second-order valence-corrected chi connectivity index (χ2v) is 14.4. The predicted octanol–water partition coefficient (Wildman–Crippen LogP) is 5.54. The van der Waals surface area contributed by atoms with Crippen LogP contribution in [0.2, 0.25) is 5.02 Å². The molecule has 0 unspecified atom stereocenters. The lowest BCUT2D eigenvalue weighted by Crippen LogP contribution is -2.69. The summed E-state index contributed by atoms with van der Waals surface area (Å²) in [5.41, 5.74) is -5.29. The fraction of sp³-hybridized carbons (Fsp3) is 0.594. The van der Waals surface area contributed by atoms with E-state index in [1.54, 1.807) is 31.0 Å². The van der Waals surface area contributed by atoms with Crippen LogP contribution < -0.4 is 0 Å². The van der Waals surface area contributed by atoms with Crippen molar-refractivity contribution in [2.75, 3.05) is 18.9 Å². The fourth-order valence-electron chi connectivity index (χ4n) is 8.96. The number of carbonyl (C=O) groups excluding carboxylic acids is 3. The van der Waals surface area contributed by atoms with E-state index < -0.39 is 57.8 Å². The Balaban J connectivity index is 1.39. The van der Waals surface area contributed by atoms with Gasteiger partial charge in [-0.1, -0.05) is 48.5 Å². The van der Waals surface area contributed by atoms with E-state index in [1.165, 1.54) is 12.2 Å². The maximum atomic E-state index is 17.7. The molecule has 7 nitrogen and oxygen atoms in total. The fourth-order valence-corrected chi connectivity index (χ4v) is 10.1. The minimum Gasteiger partial charge on any atom is -0.465 e. The van der Waals surface area contributed by atoms with E-state index in [0.717, 1.165) is 17.3 Å². The van der Waals surface area contributed by atoms with Crippen molar-refractivity contribution in [3.63, 3.8) is 0 Å². The number of alkyl halides is 1. The molecule has 6 rings (SSSR count). The third kappa shape index (κ3) is 4.42. The van der Waals surface area contributed by atoms with Gasteiger partial charge < -0.3 is 9.84 Å². The number of esters is 1. The third-order valence-corrected chi connectivity index (χ3v) is 12.1. The van der Waals surface area contributed by atoms with Crippen LogP contribution in [0.25, 0.3) is 0 Å². The highest BCUT2D eigenvalue weighted by atomic mass is 35.5. The van der Waals surface area contributed by atoms with Gasteiger partial charge in [0.1, 0.15) is 5.83 Å². The van der Waals surface area contributed by atoms with Gasteiger partial charge in [-0.15, -0.1) is 0 Å². The van der Waals surface area contributed by atoms with E-state index >= 15 is 8.78 Å². The molecule has 232 valence electrons. The van der Waals surface area contributed by atoms with Gasteiger partial charge in [-0.25, -0.2) is 8.78 Å². The minimum atomic E-state index is -2.25. The number of hydrogen-bond acceptors (Lipinski definition) is 8. The Hall–Kier alpha value is -2.11. The summed E-state index contributed by atoms with van der Waals surface area (Å²) < 4.78 is 38.5. The summed E-state index contributed by atoms with van der Waals surface area (Å²) in [4.78, 5) is 45.3. The molecule has 0 amide bonds. The Morgan fingerprint density at radius 1 is 1.23 bits per heavy atom. The Bertz CT molecular complexity index is 1420. The number of ketones is 1. The molecule has 3 fully saturated rings. The van der Waals surface area contributed by atoms with E-state index in [2.05, 4.69) is 0 Å². The summed E-state index contributed by atoms with van der Waals surface area (Å²) in [6.45, 7) is 6.00. The number of benzene rings is 1. The maximum absolute atomic E-state index is 17.7. The monoisotopic (exact) mass is 635 g/mol. The Kier molecular flexibility index (Phi) is 7.73. The number of thioether (sulfide) groups is 1. The number of rotatable bonds is 6. The minimum absolute atomic E-state index is 0.0979. The van der Waals surface area contributed by atoms with Gasteiger partial charge in [-0.3, -0.25) is 19.2 Å². The summed E-state index contributed by atoms with van der Waals surface area (Å²) in [7, 11) is 0. The molecule has 1 heterocycles. The molecule has 0 bridgehead atoms. The molecular formula is C32H36ClF2NO6S. The summed E-state index contributed by atoms with van der Waals surface area (Å²) in [6.07, 6.45) is 0.946. The Labute approximate surface area is 258 Å². The van der Waals surface area contributed by atoms with Crippen molar-refractivity contribution in [2.24, 2.45) is 28.6 Å². The van der Waals surface area contributed by atoms with E-state index in [4.69, 9.17) is 21.2 Å². The van der Waals surface area contributed by atoms with Gasteiger partial charge in [0.05, 0.1) is 18.5 Å². The standard InChI is InChI=1S/C32H36ClF2NO6S/c1-4-41-27(39)17-43-28(40)32-19(16-36(42-32)15-18-5-7-20(33)8-6-18)11-22-23-13-25(34)24-12-21(37)9-10-29(24,2)31(23,35)26(38)14-30(22,32)3/h5-10,19,22-23,26,38H,4,11-17H2,1-3H3/t19-,22-,23-,26-,29-,30-,31-,32-/m0/s1. The van der Waals surface area contributed by atoms with Crippen LogP contribution in [0.3, 0.4) is 0 Å². The maximum Gasteiger partial charge on any atom is 0.316 e. The molecule has 1 aromatic rings. The number of allylic oxidation sites excluding steroid dienone is 4. The molecule has 1 aliphatic heterocycles. The number of hydroxylamine groups is 2. The largest absolute Gasteiger partial charge is 0.465 e. The van der Waals surface area contributed by atoms with Crippen LogP contribution in [0, 0.1) is 28.6 Å². The van der Waals surface area contributed by atoms with Gasteiger partial charge in [-0.05, 0) is 62.0 Å². The van der Waals surface area contributed by atoms with Crippen molar-refractivity contribution in [1.82, 2.24) is 5.06 Å². The zero-order valence-electron chi connectivity index (χ0n) is 24.4. The van der Waals surface area contributed by atoms with E-state index in [9.17, 15) is 19.5 Å². The van der Waals surface area contributed by atoms with Crippen molar-refractivity contribution >= 4 is 40.2 Å². The molecule has 1 saturated heterocycles. The Morgan fingerprint density at radius 3 is 2.65 bits per heavy atom. The first kappa shape index (κ1) is 30.9. The van der Waals surface area contributed by atoms with Crippen LogP contribution in [-0.4, -0.2) is 63.3 Å². The van der Waals surface area contributed by atoms with Crippen molar-refractivity contribution in [3.05, 3.63) is 58.4 Å². The summed E-state index contributed by atoms with van der Waals surface area (Å²) in [6, 6.07) is 7.28. The molecular weight excluding hydrogens is 600 g/mol. The third-order valence-electron chi connectivity index (χ3n) is 10.9. The van der Waals surface area contributed by atoms with Crippen molar-refractivity contribution in [2.45, 2.75) is 70.4 Å². The second-order valence-electron chi connectivity index (χ2n) is 13.0. The highest BCUT2D eigenvalue weighted by Crippen LogP contribution is 2.73. The van der Waals surface area contributed by atoms with Crippen LogP contribution in [0.5, 0.6) is 0 Å². The molecule has 0 spiro atoms. The number of halogens is 3. The van der Waals surface area contributed by atoms with Crippen LogP contribution in [-0.2, 0) is 30.5 Å². The van der Waals surface area contributed by atoms with Gasteiger partial charge in [-0.2, -0.15) is 5.06 Å². The smallest absolute Gasteiger partial charge is 0.316 e. The molecule has 0 radical (unpaired) electrons. The molecule has 43 heavy (non-hydrogen) atoms. The van der Waals surface area contributed by atoms with Crippen LogP contribution in [0.15, 0.2) is 47.8 Å². The molecule has 1 aromatic carbocycles. The van der Waals surface area contributed by atoms with Crippen LogP contribution >= 0.6 is 23.4 Å². The van der Waals surface area contributed by atoms with Crippen molar-refractivity contribution in [3.8, 4) is 0 Å². The normalized spacial score (nSPS) is 40.1. The van der Waals surface area contributed by atoms with E-state index in [0.29, 0.717) is 24.5 Å². The molecule has 1 N–H and O–H groups in total. The molecule has 8 atom stereocenters. The van der Waals surface area contributed by atoms with Gasteiger partial charge in [0.2, 0.25) is 5.12 Å². The molecule has 0 aromatic heterocycles. The topological polar surface area (TPSA) is 93.1 Å². The van der Waals surface area contributed by atoms with Crippen LogP contribution in [0.1, 0.15) is 52.0 Å². The van der Waals surface area contributed by atoms with E-state index in [-0.39, 0.29) is 48.1 Å². The molecule has 5 aliphatic rings. The zero-order valence-corrected chi connectivity index (χ0v) is 26.0. The SMILES string of the molecule is CCOC(=O)CSC(=O)[C@@]12ON(Cc3ccc(Cl)cc3)C[C@@H]1C[C@H]1[C@@H]3CC(F)=C4CC(=O)C=C[C@]4(C)[C@@]3(F)[C@@H](O)C[C@@]12C. The van der Waals surface area contributed by atoms with E-state index in [1.807, 2.05) is 19.1 Å². The lowest BCUT2D eigenvalue weighted by Gasteiger charge is -2.62. The number of ether oxygens (including phenoxy) is 1. The summed E-state index contributed by atoms with van der Waals surface area (Å²) >= 11 is 6.87. The number of carbonyl (C=O) groups is 3. The average molecular weight is 636 g/mol. The lowest BCUT2D eigenvalue weighted by molar-refractivity contribution is -0.263. The highest BCUT2D eigenvalue weighted by Gasteiger charge is 2.79. The number of hydrogen-bond donors (Lipinski definition) is 1. The first-order valence-electron chi connectivity index (χ1n) is 14.8. The van der Waals surface area contributed by atoms with Gasteiger partial charge >= 0.3 is 5.97 Å². The van der Waals surface area contributed by atoms with Gasteiger partial charge in [0, 0.05) is 53.6 Å². The summed E-state index contributed by atoms with van der Waals surface area (Å²) in [5.74, 6) is -3.41. The van der Waals surface area contributed by atoms with Crippen LogP contribution in [0.4, 0.5) is 8.78 Å². The first-order chi connectivity index (χ1) is 20.3. The highest BCUT2D eigenvalue weighted by molar-refractivity contribution is 8.14. The quantitative estimate of drug-likeness (QED) is 0.407. The number of fused-ring (bicyclic) bond motifs is 7. The Morgan fingerprint density at radius 2 is 1.95 bits per heavy atom. The molecule has 11 heteroatoms. The lowest BCUT2D eigenvalue weighted by atomic mass is 9.45. The summed E-state index contributed by atoms with van der Waals surface area (Å²) in [5, 5.41) is 13.7. The predicted molar refractivity (Wildman–Crippen MR) is 157 cm³/mol. The average Bonchev–Trinajstić information content (AvgIpc) is 3.43. The van der Waals surface area contributed by atoms with Gasteiger partial charge in [0.25, 0.3) is 0 Å². The second kappa shape index (κ2) is 10.8. The first-order valence-corrected chi connectivity index (χ1v) is 16.1.